The molecular formula is C17H20ClN2O3S2+. The van der Waals surface area contributed by atoms with Gasteiger partial charge in [-0.05, 0) is 31.2 Å². The maximum absolute atomic E-state index is 12.8. The zero-order valence-electron chi connectivity index (χ0n) is 13.9. The normalized spacial score (nSPS) is 16.9. The Labute approximate surface area is 156 Å². The molecule has 0 saturated carbocycles. The first kappa shape index (κ1) is 18.5. The highest BCUT2D eigenvalue weighted by molar-refractivity contribution is 7.89. The lowest BCUT2D eigenvalue weighted by atomic mass is 10.2. The standard InChI is InChI=1S/C17H19ClN2O3S2/c1-13(21)14-3-2-4-16(11-14)25(22,23)20-9-7-19(8-10-20)12-15-5-6-17(18)24-15/h2-6,11H,7-10,12H2,1H3/p+1. The van der Waals surface area contributed by atoms with Crippen molar-refractivity contribution in [1.82, 2.24) is 4.31 Å². The number of Topliss-reactive ketones (excluding diaryl/α,β-unsaturated/α-hetero) is 1. The van der Waals surface area contributed by atoms with E-state index in [-0.39, 0.29) is 10.7 Å². The maximum Gasteiger partial charge on any atom is 0.243 e. The van der Waals surface area contributed by atoms with Crippen molar-refractivity contribution < 1.29 is 18.1 Å². The molecule has 5 nitrogen and oxygen atoms in total. The van der Waals surface area contributed by atoms with Gasteiger partial charge in [-0.25, -0.2) is 8.42 Å². The number of benzene rings is 1. The summed E-state index contributed by atoms with van der Waals surface area (Å²) in [6.07, 6.45) is 0. The molecule has 2 heterocycles. The van der Waals surface area contributed by atoms with Crippen LogP contribution in [0, 0.1) is 0 Å². The van der Waals surface area contributed by atoms with Crippen LogP contribution in [-0.4, -0.2) is 44.7 Å². The van der Waals surface area contributed by atoms with E-state index in [0.29, 0.717) is 18.7 Å². The van der Waals surface area contributed by atoms with Gasteiger partial charge in [-0.3, -0.25) is 4.79 Å². The molecule has 25 heavy (non-hydrogen) atoms. The van der Waals surface area contributed by atoms with Gasteiger partial charge in [0.2, 0.25) is 10.0 Å². The number of quaternary nitrogens is 1. The second kappa shape index (κ2) is 7.55. The molecule has 0 radical (unpaired) electrons. The van der Waals surface area contributed by atoms with E-state index in [1.807, 2.05) is 12.1 Å². The number of halogens is 1. The lowest BCUT2D eigenvalue weighted by Crippen LogP contribution is -3.13. The zero-order chi connectivity index (χ0) is 18.0. The number of carbonyl (C=O) groups is 1. The molecule has 0 amide bonds. The molecule has 0 bridgehead atoms. The molecule has 8 heteroatoms. The van der Waals surface area contributed by atoms with E-state index < -0.39 is 10.0 Å². The fourth-order valence-corrected chi connectivity index (χ4v) is 5.58. The smallest absolute Gasteiger partial charge is 0.243 e. The van der Waals surface area contributed by atoms with E-state index in [0.717, 1.165) is 24.0 Å². The average Bonchev–Trinajstić information content (AvgIpc) is 3.00. The molecule has 0 spiro atoms. The molecule has 1 aromatic heterocycles. The van der Waals surface area contributed by atoms with Crippen molar-refractivity contribution in [2.24, 2.45) is 0 Å². The van der Waals surface area contributed by atoms with Crippen molar-refractivity contribution >= 4 is 38.7 Å². The Hall–Kier alpha value is -1.25. The van der Waals surface area contributed by atoms with Crippen molar-refractivity contribution in [1.29, 1.82) is 0 Å². The minimum Gasteiger partial charge on any atom is -0.328 e. The molecule has 2 aromatic rings. The van der Waals surface area contributed by atoms with Crippen LogP contribution in [0.15, 0.2) is 41.3 Å². The van der Waals surface area contributed by atoms with Crippen LogP contribution in [0.5, 0.6) is 0 Å². The molecule has 1 aliphatic heterocycles. The maximum atomic E-state index is 12.8. The Kier molecular flexibility index (Phi) is 5.60. The summed E-state index contributed by atoms with van der Waals surface area (Å²) in [5.74, 6) is -0.138. The van der Waals surface area contributed by atoms with E-state index >= 15 is 0 Å². The highest BCUT2D eigenvalue weighted by Gasteiger charge is 2.30. The summed E-state index contributed by atoms with van der Waals surface area (Å²) in [7, 11) is -3.56. The molecule has 0 atom stereocenters. The number of hydrogen-bond donors (Lipinski definition) is 1. The molecule has 134 valence electrons. The van der Waals surface area contributed by atoms with Gasteiger partial charge >= 0.3 is 0 Å². The van der Waals surface area contributed by atoms with Crippen molar-refractivity contribution in [3.05, 3.63) is 51.2 Å². The summed E-state index contributed by atoms with van der Waals surface area (Å²) in [6.45, 7) is 4.75. The highest BCUT2D eigenvalue weighted by Crippen LogP contribution is 2.21. The van der Waals surface area contributed by atoms with Crippen molar-refractivity contribution in [2.75, 3.05) is 26.2 Å². The first-order valence-electron chi connectivity index (χ1n) is 8.05. The number of nitrogens with zero attached hydrogens (tertiary/aromatic N) is 1. The summed E-state index contributed by atoms with van der Waals surface area (Å²) < 4.78 is 27.9. The van der Waals surface area contributed by atoms with Crippen LogP contribution < -0.4 is 4.90 Å². The molecule has 1 saturated heterocycles. The highest BCUT2D eigenvalue weighted by atomic mass is 35.5. The minimum absolute atomic E-state index is 0.138. The first-order valence-corrected chi connectivity index (χ1v) is 10.7. The van der Waals surface area contributed by atoms with Gasteiger partial charge in [-0.2, -0.15) is 4.31 Å². The summed E-state index contributed by atoms with van der Waals surface area (Å²) in [5.41, 5.74) is 0.417. The third-order valence-electron chi connectivity index (χ3n) is 4.36. The lowest BCUT2D eigenvalue weighted by molar-refractivity contribution is -0.917. The number of thiophene rings is 1. The van der Waals surface area contributed by atoms with Crippen molar-refractivity contribution in [3.63, 3.8) is 0 Å². The fourth-order valence-electron chi connectivity index (χ4n) is 2.94. The van der Waals surface area contributed by atoms with Crippen LogP contribution in [0.3, 0.4) is 0 Å². The monoisotopic (exact) mass is 399 g/mol. The van der Waals surface area contributed by atoms with E-state index in [4.69, 9.17) is 11.6 Å². The summed E-state index contributed by atoms with van der Waals surface area (Å²) >= 11 is 7.53. The SMILES string of the molecule is CC(=O)c1cccc(S(=O)(=O)N2CC[NH+](Cc3ccc(Cl)s3)CC2)c1. The third kappa shape index (κ3) is 4.30. The summed E-state index contributed by atoms with van der Waals surface area (Å²) in [4.78, 5) is 14.3. The van der Waals surface area contributed by atoms with Crippen molar-refractivity contribution in [3.8, 4) is 0 Å². The molecular weight excluding hydrogens is 380 g/mol. The Balaban J connectivity index is 1.67. The number of sulfonamides is 1. The van der Waals surface area contributed by atoms with Gasteiger partial charge in [0.1, 0.15) is 6.54 Å². The largest absolute Gasteiger partial charge is 0.328 e. The summed E-state index contributed by atoms with van der Waals surface area (Å²) in [5, 5.41) is 0. The Morgan fingerprint density at radius 1 is 1.24 bits per heavy atom. The minimum atomic E-state index is -3.56. The van der Waals surface area contributed by atoms with Crippen LogP contribution in [0.1, 0.15) is 22.2 Å². The van der Waals surface area contributed by atoms with Gasteiger partial charge in [0.25, 0.3) is 0 Å². The van der Waals surface area contributed by atoms with Gasteiger partial charge < -0.3 is 4.90 Å². The Bertz CT molecular complexity index is 872. The topological polar surface area (TPSA) is 58.9 Å². The number of hydrogen-bond acceptors (Lipinski definition) is 4. The van der Waals surface area contributed by atoms with Gasteiger partial charge in [0.05, 0.1) is 40.3 Å². The van der Waals surface area contributed by atoms with Crippen LogP contribution in [0.4, 0.5) is 0 Å². The number of piperazine rings is 1. The zero-order valence-corrected chi connectivity index (χ0v) is 16.3. The van der Waals surface area contributed by atoms with Crippen LogP contribution in [0.25, 0.3) is 0 Å². The average molecular weight is 400 g/mol. The molecule has 1 aromatic carbocycles. The number of nitrogens with one attached hydrogen (secondary N) is 1. The lowest BCUT2D eigenvalue weighted by Gasteiger charge is -2.31. The number of ketones is 1. The molecule has 1 fully saturated rings. The summed E-state index contributed by atoms with van der Waals surface area (Å²) in [6, 6.07) is 10.2. The van der Waals surface area contributed by atoms with E-state index in [1.54, 1.807) is 29.5 Å². The molecule has 1 N–H and O–H groups in total. The van der Waals surface area contributed by atoms with Gasteiger partial charge in [0, 0.05) is 5.56 Å². The van der Waals surface area contributed by atoms with Gasteiger partial charge in [-0.15, -0.1) is 11.3 Å². The Morgan fingerprint density at radius 3 is 2.56 bits per heavy atom. The molecule has 3 rings (SSSR count). The van der Waals surface area contributed by atoms with Crippen molar-refractivity contribution in [2.45, 2.75) is 18.4 Å². The second-order valence-corrected chi connectivity index (χ2v) is 9.86. The fraction of sp³-hybridized carbons (Fsp3) is 0.353. The van der Waals surface area contributed by atoms with Crippen LogP contribution in [0.2, 0.25) is 4.34 Å². The third-order valence-corrected chi connectivity index (χ3v) is 7.49. The molecule has 1 aliphatic rings. The van der Waals surface area contributed by atoms with E-state index in [2.05, 4.69) is 0 Å². The quantitative estimate of drug-likeness (QED) is 0.778. The van der Waals surface area contributed by atoms with Crippen LogP contribution in [-0.2, 0) is 16.6 Å². The van der Waals surface area contributed by atoms with E-state index in [9.17, 15) is 13.2 Å². The van der Waals surface area contributed by atoms with Gasteiger partial charge in [0.15, 0.2) is 5.78 Å². The second-order valence-electron chi connectivity index (χ2n) is 6.12. The van der Waals surface area contributed by atoms with E-state index in [1.165, 1.54) is 27.1 Å². The number of rotatable bonds is 5. The predicted octanol–water partition coefficient (Wildman–Crippen LogP) is 1.69. The Morgan fingerprint density at radius 2 is 1.96 bits per heavy atom. The molecule has 0 unspecified atom stereocenters. The first-order chi connectivity index (χ1) is 11.9. The van der Waals surface area contributed by atoms with Crippen LogP contribution >= 0.6 is 22.9 Å². The number of carbonyl (C=O) groups excluding carboxylic acids is 1. The van der Waals surface area contributed by atoms with Gasteiger partial charge in [-0.1, -0.05) is 23.7 Å². The predicted molar refractivity (Wildman–Crippen MR) is 98.9 cm³/mol. The molecule has 0 aliphatic carbocycles.